The van der Waals surface area contributed by atoms with Crippen LogP contribution in [-0.4, -0.2) is 34.2 Å². The first-order chi connectivity index (χ1) is 9.42. The number of thioether (sulfide) groups is 1. The van der Waals surface area contributed by atoms with Gasteiger partial charge in [0.25, 0.3) is 0 Å². The highest BCUT2D eigenvalue weighted by atomic mass is 32.2. The van der Waals surface area contributed by atoms with Crippen LogP contribution in [0.3, 0.4) is 0 Å². The second kappa shape index (κ2) is 6.75. The molecule has 0 bridgehead atoms. The van der Waals surface area contributed by atoms with E-state index in [4.69, 9.17) is 4.52 Å². The molecule has 1 N–H and O–H groups in total. The lowest BCUT2D eigenvalue weighted by atomic mass is 10.00. The Morgan fingerprint density at radius 3 is 2.79 bits per heavy atom. The molecule has 3 rings (SSSR count). The van der Waals surface area contributed by atoms with Gasteiger partial charge in [0, 0.05) is 36.4 Å². The average Bonchev–Trinajstić information content (AvgIpc) is 2.74. The van der Waals surface area contributed by atoms with E-state index in [1.54, 1.807) is 0 Å². The maximum absolute atomic E-state index is 5.45. The maximum Gasteiger partial charge on any atom is 0.228 e. The Morgan fingerprint density at radius 2 is 2.05 bits per heavy atom. The van der Waals surface area contributed by atoms with Crippen molar-refractivity contribution in [3.05, 3.63) is 11.7 Å². The van der Waals surface area contributed by atoms with Gasteiger partial charge in [0.2, 0.25) is 5.89 Å². The zero-order valence-electron chi connectivity index (χ0n) is 11.4. The van der Waals surface area contributed by atoms with Crippen LogP contribution in [0.5, 0.6) is 0 Å². The molecule has 0 aromatic carbocycles. The van der Waals surface area contributed by atoms with Crippen LogP contribution in [0.4, 0.5) is 0 Å². The van der Waals surface area contributed by atoms with Crippen LogP contribution in [-0.2, 0) is 6.42 Å². The van der Waals surface area contributed by atoms with E-state index in [-0.39, 0.29) is 0 Å². The molecule has 106 valence electrons. The lowest BCUT2D eigenvalue weighted by Crippen LogP contribution is -2.38. The topological polar surface area (TPSA) is 51.0 Å². The van der Waals surface area contributed by atoms with Crippen molar-refractivity contribution in [2.75, 3.05) is 18.1 Å². The van der Waals surface area contributed by atoms with Crippen LogP contribution in [0.15, 0.2) is 4.52 Å². The van der Waals surface area contributed by atoms with Gasteiger partial charge in [-0.15, -0.1) is 0 Å². The van der Waals surface area contributed by atoms with Gasteiger partial charge in [-0.25, -0.2) is 0 Å². The Balaban J connectivity index is 1.58. The van der Waals surface area contributed by atoms with Crippen molar-refractivity contribution in [3.63, 3.8) is 0 Å². The third-order valence-electron chi connectivity index (χ3n) is 4.12. The summed E-state index contributed by atoms with van der Waals surface area (Å²) in [4.78, 5) is 4.64. The molecule has 0 spiro atoms. The molecule has 1 aromatic heterocycles. The Bertz CT molecular complexity index is 382. The maximum atomic E-state index is 5.45. The van der Waals surface area contributed by atoms with Gasteiger partial charge in [-0.05, 0) is 12.8 Å². The minimum atomic E-state index is 0.501. The van der Waals surface area contributed by atoms with E-state index < -0.39 is 0 Å². The fraction of sp³-hybridized carbons (Fsp3) is 0.857. The molecular weight excluding hydrogens is 258 g/mol. The third kappa shape index (κ3) is 3.72. The monoisotopic (exact) mass is 281 g/mol. The lowest BCUT2D eigenvalue weighted by molar-refractivity contribution is 0.354. The van der Waals surface area contributed by atoms with Gasteiger partial charge < -0.3 is 9.84 Å². The predicted octanol–water partition coefficient (Wildman–Crippen LogP) is 2.75. The summed E-state index contributed by atoms with van der Waals surface area (Å²) in [7, 11) is 0. The summed E-state index contributed by atoms with van der Waals surface area (Å²) in [6, 6.07) is 0.501. The van der Waals surface area contributed by atoms with Gasteiger partial charge in [-0.2, -0.15) is 16.7 Å². The summed E-state index contributed by atoms with van der Waals surface area (Å²) in [5, 5.41) is 7.74. The van der Waals surface area contributed by atoms with Crippen molar-refractivity contribution in [2.24, 2.45) is 0 Å². The van der Waals surface area contributed by atoms with Gasteiger partial charge in [-0.3, -0.25) is 0 Å². The predicted molar refractivity (Wildman–Crippen MR) is 77.6 cm³/mol. The number of nitrogens with one attached hydrogen (secondary N) is 1. The van der Waals surface area contributed by atoms with E-state index in [1.165, 1.54) is 44.3 Å². The van der Waals surface area contributed by atoms with Crippen molar-refractivity contribution in [2.45, 2.75) is 56.9 Å². The second-order valence-corrected chi connectivity index (χ2v) is 6.81. The molecule has 1 atom stereocenters. The molecule has 0 radical (unpaired) electrons. The molecule has 1 saturated carbocycles. The fourth-order valence-corrected chi connectivity index (χ4v) is 3.97. The number of rotatable bonds is 3. The van der Waals surface area contributed by atoms with Crippen molar-refractivity contribution in [1.29, 1.82) is 0 Å². The zero-order valence-corrected chi connectivity index (χ0v) is 12.3. The van der Waals surface area contributed by atoms with E-state index in [2.05, 4.69) is 15.5 Å². The van der Waals surface area contributed by atoms with Crippen molar-refractivity contribution in [1.82, 2.24) is 15.5 Å². The van der Waals surface area contributed by atoms with E-state index in [0.29, 0.717) is 12.0 Å². The van der Waals surface area contributed by atoms with E-state index >= 15 is 0 Å². The highest BCUT2D eigenvalue weighted by Gasteiger charge is 2.22. The van der Waals surface area contributed by atoms with E-state index in [9.17, 15) is 0 Å². The molecule has 2 aliphatic rings. The van der Waals surface area contributed by atoms with Gasteiger partial charge >= 0.3 is 0 Å². The van der Waals surface area contributed by atoms with Crippen LogP contribution in [0, 0.1) is 0 Å². The Morgan fingerprint density at radius 1 is 1.21 bits per heavy atom. The highest BCUT2D eigenvalue weighted by molar-refractivity contribution is 7.99. The molecular formula is C14H23N3OS. The number of hydrogen-bond acceptors (Lipinski definition) is 5. The molecule has 2 fully saturated rings. The molecule has 4 nitrogen and oxygen atoms in total. The van der Waals surface area contributed by atoms with Crippen LogP contribution < -0.4 is 5.32 Å². The molecule has 2 heterocycles. The molecule has 1 saturated heterocycles. The average molecular weight is 281 g/mol. The standard InChI is InChI=1S/C14H23N3OS/c1-2-4-6-11(5-3-1)14-16-13(18-17-14)9-12-10-19-8-7-15-12/h11-12,15H,1-10H2. The van der Waals surface area contributed by atoms with Crippen molar-refractivity contribution >= 4 is 11.8 Å². The smallest absolute Gasteiger partial charge is 0.228 e. The third-order valence-corrected chi connectivity index (χ3v) is 5.25. The molecule has 5 heteroatoms. The molecule has 1 unspecified atom stereocenters. The zero-order chi connectivity index (χ0) is 12.9. The Labute approximate surface area is 119 Å². The van der Waals surface area contributed by atoms with Crippen LogP contribution in [0.25, 0.3) is 0 Å². The Hall–Kier alpha value is -0.550. The number of hydrogen-bond donors (Lipinski definition) is 1. The summed E-state index contributed by atoms with van der Waals surface area (Å²) >= 11 is 2.01. The first-order valence-corrected chi connectivity index (χ1v) is 8.71. The first kappa shape index (κ1) is 13.4. The van der Waals surface area contributed by atoms with E-state index in [0.717, 1.165) is 30.4 Å². The van der Waals surface area contributed by atoms with Crippen molar-refractivity contribution in [3.8, 4) is 0 Å². The number of aromatic nitrogens is 2. The largest absolute Gasteiger partial charge is 0.339 e. The summed E-state index contributed by atoms with van der Waals surface area (Å²) < 4.78 is 5.45. The summed E-state index contributed by atoms with van der Waals surface area (Å²) in [5.74, 6) is 4.68. The summed E-state index contributed by atoms with van der Waals surface area (Å²) in [5.41, 5.74) is 0. The normalized spacial score (nSPS) is 26.2. The van der Waals surface area contributed by atoms with Gasteiger partial charge in [0.05, 0.1) is 0 Å². The summed E-state index contributed by atoms with van der Waals surface area (Å²) in [6.07, 6.45) is 8.71. The molecule has 19 heavy (non-hydrogen) atoms. The van der Waals surface area contributed by atoms with Gasteiger partial charge in [0.1, 0.15) is 0 Å². The number of nitrogens with zero attached hydrogens (tertiary/aromatic N) is 2. The van der Waals surface area contributed by atoms with E-state index in [1.807, 2.05) is 11.8 Å². The minimum absolute atomic E-state index is 0.501. The Kier molecular flexibility index (Phi) is 4.77. The minimum Gasteiger partial charge on any atom is -0.339 e. The highest BCUT2D eigenvalue weighted by Crippen LogP contribution is 2.29. The van der Waals surface area contributed by atoms with Gasteiger partial charge in [0.15, 0.2) is 5.82 Å². The molecule has 0 amide bonds. The molecule has 1 aliphatic carbocycles. The van der Waals surface area contributed by atoms with Gasteiger partial charge in [-0.1, -0.05) is 30.8 Å². The summed E-state index contributed by atoms with van der Waals surface area (Å²) in [6.45, 7) is 1.10. The van der Waals surface area contributed by atoms with Crippen LogP contribution in [0.2, 0.25) is 0 Å². The van der Waals surface area contributed by atoms with Crippen LogP contribution in [0.1, 0.15) is 56.2 Å². The fourth-order valence-electron chi connectivity index (χ4n) is 3.02. The van der Waals surface area contributed by atoms with Crippen LogP contribution >= 0.6 is 11.8 Å². The quantitative estimate of drug-likeness (QED) is 0.863. The second-order valence-electron chi connectivity index (χ2n) is 5.66. The SMILES string of the molecule is C1CCCC(c2noc(CC3CSCCN3)n2)CC1. The first-order valence-electron chi connectivity index (χ1n) is 7.55. The van der Waals surface area contributed by atoms with Crippen molar-refractivity contribution < 1.29 is 4.52 Å². The molecule has 1 aliphatic heterocycles. The lowest BCUT2D eigenvalue weighted by Gasteiger charge is -2.21. The molecule has 1 aromatic rings.